The first kappa shape index (κ1) is 13.2. The number of aromatic nitrogens is 1. The minimum absolute atomic E-state index is 0.204. The van der Waals surface area contributed by atoms with E-state index in [0.717, 1.165) is 41.3 Å². The minimum atomic E-state index is -0.244. The van der Waals surface area contributed by atoms with Crippen molar-refractivity contribution in [2.75, 3.05) is 11.4 Å². The molecule has 104 valence electrons. The van der Waals surface area contributed by atoms with Crippen molar-refractivity contribution in [1.29, 1.82) is 0 Å². The Balaban J connectivity index is 2.04. The Morgan fingerprint density at radius 3 is 2.90 bits per heavy atom. The lowest BCUT2D eigenvalue weighted by Crippen LogP contribution is -2.13. The van der Waals surface area contributed by atoms with Crippen LogP contribution in [0.15, 0.2) is 18.2 Å². The number of nitrogens with zero attached hydrogens (tertiary/aromatic N) is 2. The quantitative estimate of drug-likeness (QED) is 0.803. The van der Waals surface area contributed by atoms with E-state index in [4.69, 9.17) is 0 Å². The van der Waals surface area contributed by atoms with Gasteiger partial charge in [0.1, 0.15) is 5.82 Å². The number of benzene rings is 1. The van der Waals surface area contributed by atoms with Crippen LogP contribution in [0.1, 0.15) is 40.7 Å². The molecule has 1 aromatic heterocycles. The smallest absolute Gasteiger partial charge is 0.190 e. The van der Waals surface area contributed by atoms with Crippen molar-refractivity contribution in [2.24, 2.45) is 0 Å². The van der Waals surface area contributed by atoms with Gasteiger partial charge in [0.15, 0.2) is 11.4 Å². The molecular formula is C15H15FN2OS. The number of aldehydes is 1. The van der Waals surface area contributed by atoms with Crippen molar-refractivity contribution >= 4 is 28.4 Å². The maximum atomic E-state index is 13.4. The normalized spacial score (nSPS) is 13.9. The Kier molecular flexibility index (Phi) is 3.30. The van der Waals surface area contributed by atoms with E-state index in [2.05, 4.69) is 4.98 Å². The van der Waals surface area contributed by atoms with E-state index in [1.165, 1.54) is 17.4 Å². The summed E-state index contributed by atoms with van der Waals surface area (Å²) in [5.74, 6) is -0.0401. The predicted octanol–water partition coefficient (Wildman–Crippen LogP) is 3.91. The number of fused-ring (bicyclic) bond motifs is 1. The van der Waals surface area contributed by atoms with E-state index < -0.39 is 0 Å². The van der Waals surface area contributed by atoms with Gasteiger partial charge in [-0.2, -0.15) is 0 Å². The van der Waals surface area contributed by atoms with Crippen LogP contribution in [-0.2, 0) is 6.42 Å². The third-order valence-electron chi connectivity index (χ3n) is 3.50. The molecule has 0 radical (unpaired) electrons. The Morgan fingerprint density at radius 1 is 1.45 bits per heavy atom. The van der Waals surface area contributed by atoms with Gasteiger partial charge in [0.05, 0.1) is 10.6 Å². The summed E-state index contributed by atoms with van der Waals surface area (Å²) in [6.07, 6.45) is 1.74. The molecule has 0 bridgehead atoms. The van der Waals surface area contributed by atoms with Crippen LogP contribution in [0.5, 0.6) is 0 Å². The highest BCUT2D eigenvalue weighted by atomic mass is 32.1. The van der Waals surface area contributed by atoms with E-state index in [-0.39, 0.29) is 11.7 Å². The standard InChI is InChI=1S/C15H15FN2OS/c1-9(2)14-13(8-19)20-15(17-14)18-6-5-10-3-4-11(16)7-12(10)18/h3-4,7-9H,5-6H2,1-2H3. The van der Waals surface area contributed by atoms with Crippen molar-refractivity contribution in [3.05, 3.63) is 40.2 Å². The third kappa shape index (κ3) is 2.12. The average Bonchev–Trinajstić information content (AvgIpc) is 3.00. The van der Waals surface area contributed by atoms with Crippen LogP contribution in [0.4, 0.5) is 15.2 Å². The summed E-state index contributed by atoms with van der Waals surface area (Å²) < 4.78 is 13.4. The molecule has 3 nitrogen and oxygen atoms in total. The van der Waals surface area contributed by atoms with E-state index in [1.807, 2.05) is 24.8 Å². The zero-order chi connectivity index (χ0) is 14.3. The first-order chi connectivity index (χ1) is 9.60. The maximum Gasteiger partial charge on any atom is 0.190 e. The van der Waals surface area contributed by atoms with Crippen molar-refractivity contribution < 1.29 is 9.18 Å². The molecule has 3 rings (SSSR count). The summed E-state index contributed by atoms with van der Waals surface area (Å²) in [6, 6.07) is 4.85. The van der Waals surface area contributed by atoms with E-state index >= 15 is 0 Å². The summed E-state index contributed by atoms with van der Waals surface area (Å²) in [4.78, 5) is 18.4. The number of hydrogen-bond acceptors (Lipinski definition) is 4. The lowest BCUT2D eigenvalue weighted by molar-refractivity contribution is 0.112. The highest BCUT2D eigenvalue weighted by Crippen LogP contribution is 2.38. The fourth-order valence-corrected chi connectivity index (χ4v) is 3.57. The Hall–Kier alpha value is -1.75. The first-order valence-electron chi connectivity index (χ1n) is 6.62. The van der Waals surface area contributed by atoms with Gasteiger partial charge in [0.25, 0.3) is 0 Å². The fraction of sp³-hybridized carbons (Fsp3) is 0.333. The summed E-state index contributed by atoms with van der Waals surface area (Å²) in [7, 11) is 0. The topological polar surface area (TPSA) is 33.2 Å². The van der Waals surface area contributed by atoms with Gasteiger partial charge in [-0.3, -0.25) is 4.79 Å². The van der Waals surface area contributed by atoms with Gasteiger partial charge in [0.2, 0.25) is 0 Å². The van der Waals surface area contributed by atoms with E-state index in [0.29, 0.717) is 4.88 Å². The second-order valence-corrected chi connectivity index (χ2v) is 6.20. The van der Waals surface area contributed by atoms with Gasteiger partial charge in [-0.05, 0) is 30.0 Å². The average molecular weight is 290 g/mol. The van der Waals surface area contributed by atoms with Crippen LogP contribution >= 0.6 is 11.3 Å². The number of thiazole rings is 1. The third-order valence-corrected chi connectivity index (χ3v) is 4.52. The second-order valence-electron chi connectivity index (χ2n) is 5.19. The highest BCUT2D eigenvalue weighted by molar-refractivity contribution is 7.17. The molecule has 0 spiro atoms. The van der Waals surface area contributed by atoms with Crippen LogP contribution in [0.3, 0.4) is 0 Å². The molecule has 20 heavy (non-hydrogen) atoms. The number of hydrogen-bond donors (Lipinski definition) is 0. The van der Waals surface area contributed by atoms with Gasteiger partial charge in [-0.1, -0.05) is 31.3 Å². The number of halogens is 1. The van der Waals surface area contributed by atoms with Gasteiger partial charge >= 0.3 is 0 Å². The predicted molar refractivity (Wildman–Crippen MR) is 78.7 cm³/mol. The molecule has 0 atom stereocenters. The van der Waals surface area contributed by atoms with Crippen LogP contribution < -0.4 is 4.90 Å². The monoisotopic (exact) mass is 290 g/mol. The molecule has 0 unspecified atom stereocenters. The zero-order valence-corrected chi connectivity index (χ0v) is 12.2. The lowest BCUT2D eigenvalue weighted by atomic mass is 10.1. The molecule has 0 amide bonds. The SMILES string of the molecule is CC(C)c1nc(N2CCc3ccc(F)cc32)sc1C=O. The van der Waals surface area contributed by atoms with E-state index in [9.17, 15) is 9.18 Å². The molecule has 0 saturated carbocycles. The van der Waals surface area contributed by atoms with Gasteiger partial charge in [-0.15, -0.1) is 0 Å². The summed E-state index contributed by atoms with van der Waals surface area (Å²) >= 11 is 1.38. The van der Waals surface area contributed by atoms with Gasteiger partial charge in [-0.25, -0.2) is 9.37 Å². The Morgan fingerprint density at radius 2 is 2.25 bits per heavy atom. The summed E-state index contributed by atoms with van der Waals surface area (Å²) in [6.45, 7) is 4.81. The molecule has 2 aromatic rings. The molecule has 0 aliphatic carbocycles. The molecule has 1 aliphatic heterocycles. The van der Waals surface area contributed by atoms with Crippen molar-refractivity contribution in [3.8, 4) is 0 Å². The van der Waals surface area contributed by atoms with Crippen LogP contribution in [-0.4, -0.2) is 17.8 Å². The first-order valence-corrected chi connectivity index (χ1v) is 7.43. The lowest BCUT2D eigenvalue weighted by Gasteiger charge is -2.15. The molecule has 0 saturated heterocycles. The Labute approximate surface area is 121 Å². The number of carbonyl (C=O) groups is 1. The van der Waals surface area contributed by atoms with Crippen molar-refractivity contribution in [2.45, 2.75) is 26.2 Å². The van der Waals surface area contributed by atoms with Crippen molar-refractivity contribution in [1.82, 2.24) is 4.98 Å². The zero-order valence-electron chi connectivity index (χ0n) is 11.4. The second kappa shape index (κ2) is 4.98. The summed E-state index contributed by atoms with van der Waals surface area (Å²) in [5.41, 5.74) is 2.82. The Bertz CT molecular complexity index is 666. The number of rotatable bonds is 3. The van der Waals surface area contributed by atoms with Gasteiger partial charge < -0.3 is 4.90 Å². The molecule has 2 heterocycles. The van der Waals surface area contributed by atoms with Crippen molar-refractivity contribution in [3.63, 3.8) is 0 Å². The largest absolute Gasteiger partial charge is 0.317 e. The van der Waals surface area contributed by atoms with E-state index in [1.54, 1.807) is 6.07 Å². The molecule has 1 aromatic carbocycles. The molecule has 1 aliphatic rings. The fourth-order valence-electron chi connectivity index (χ4n) is 2.50. The van der Waals surface area contributed by atoms with Crippen LogP contribution in [0.2, 0.25) is 0 Å². The number of anilines is 2. The number of carbonyl (C=O) groups excluding carboxylic acids is 1. The molecule has 0 N–H and O–H groups in total. The molecule has 5 heteroatoms. The van der Waals surface area contributed by atoms with Crippen LogP contribution in [0, 0.1) is 5.82 Å². The summed E-state index contributed by atoms with van der Waals surface area (Å²) in [5, 5.41) is 0.778. The maximum absolute atomic E-state index is 13.4. The molecule has 0 fully saturated rings. The minimum Gasteiger partial charge on any atom is -0.317 e. The van der Waals surface area contributed by atoms with Gasteiger partial charge in [0, 0.05) is 12.2 Å². The van der Waals surface area contributed by atoms with Crippen LogP contribution in [0.25, 0.3) is 0 Å². The highest BCUT2D eigenvalue weighted by Gasteiger charge is 2.25. The molecular weight excluding hydrogens is 275 g/mol.